The minimum Gasteiger partial charge on any atom is -0.508 e. The quantitative estimate of drug-likeness (QED) is 0.579. The van der Waals surface area contributed by atoms with Crippen molar-refractivity contribution in [2.75, 3.05) is 0 Å². The van der Waals surface area contributed by atoms with Crippen LogP contribution in [-0.2, 0) is 5.41 Å². The van der Waals surface area contributed by atoms with E-state index in [0.29, 0.717) is 16.6 Å². The fourth-order valence-corrected chi connectivity index (χ4v) is 5.80. The number of hydrogen-bond acceptors (Lipinski definition) is 1. The van der Waals surface area contributed by atoms with Crippen molar-refractivity contribution in [3.8, 4) is 5.75 Å². The molecular weight excluding hydrogens is 340 g/mol. The van der Waals surface area contributed by atoms with Crippen LogP contribution in [0.15, 0.2) is 48.5 Å². The molecule has 1 N–H and O–H groups in total. The first-order chi connectivity index (χ1) is 13.0. The third-order valence-corrected chi connectivity index (χ3v) is 6.95. The van der Waals surface area contributed by atoms with Crippen molar-refractivity contribution < 1.29 is 5.11 Å². The molecule has 0 saturated heterocycles. The number of hydrogen-bond donors (Lipinski definition) is 1. The number of phenolic OH excluding ortho intramolecular Hbond substituents is 1. The predicted octanol–water partition coefficient (Wildman–Crippen LogP) is 7.64. The Morgan fingerprint density at radius 3 is 1.75 bits per heavy atom. The lowest BCUT2D eigenvalue weighted by Gasteiger charge is -2.47. The van der Waals surface area contributed by atoms with E-state index in [2.05, 4.69) is 77.9 Å². The van der Waals surface area contributed by atoms with E-state index in [1.807, 2.05) is 12.1 Å². The second-order valence-electron chi connectivity index (χ2n) is 11.0. The van der Waals surface area contributed by atoms with E-state index >= 15 is 0 Å². The summed E-state index contributed by atoms with van der Waals surface area (Å²) in [6.45, 7) is 14.2. The van der Waals surface area contributed by atoms with Crippen LogP contribution in [0, 0.1) is 23.7 Å². The monoisotopic (exact) mass is 378 g/mol. The SMILES string of the molecule is Cc1ccc(C2(c3ccc(O)cc3)CCC(C(C)(C)CC(C)(C)C)CC2)cc1. The van der Waals surface area contributed by atoms with Gasteiger partial charge in [0.1, 0.15) is 5.75 Å². The maximum absolute atomic E-state index is 9.80. The summed E-state index contributed by atoms with van der Waals surface area (Å²) >= 11 is 0. The molecule has 0 radical (unpaired) electrons. The van der Waals surface area contributed by atoms with E-state index in [9.17, 15) is 5.11 Å². The second-order valence-corrected chi connectivity index (χ2v) is 11.0. The van der Waals surface area contributed by atoms with Gasteiger partial charge in [0.25, 0.3) is 0 Å². The zero-order valence-electron chi connectivity index (χ0n) is 18.7. The molecule has 3 rings (SSSR count). The lowest BCUT2D eigenvalue weighted by atomic mass is 9.57. The zero-order valence-corrected chi connectivity index (χ0v) is 18.7. The van der Waals surface area contributed by atoms with Crippen molar-refractivity contribution in [1.29, 1.82) is 0 Å². The van der Waals surface area contributed by atoms with Gasteiger partial charge in [0.2, 0.25) is 0 Å². The molecule has 1 heteroatoms. The van der Waals surface area contributed by atoms with E-state index in [1.165, 1.54) is 48.8 Å². The van der Waals surface area contributed by atoms with Crippen molar-refractivity contribution in [3.05, 3.63) is 65.2 Å². The van der Waals surface area contributed by atoms with Crippen LogP contribution in [0.25, 0.3) is 0 Å². The lowest BCUT2D eigenvalue weighted by Crippen LogP contribution is -2.38. The highest BCUT2D eigenvalue weighted by Crippen LogP contribution is 2.52. The molecule has 1 nitrogen and oxygen atoms in total. The average Bonchev–Trinajstić information content (AvgIpc) is 2.61. The maximum atomic E-state index is 9.80. The van der Waals surface area contributed by atoms with Gasteiger partial charge in [-0.05, 0) is 79.0 Å². The van der Waals surface area contributed by atoms with Crippen LogP contribution in [-0.4, -0.2) is 5.11 Å². The summed E-state index contributed by atoms with van der Waals surface area (Å²) < 4.78 is 0. The molecule has 2 aromatic rings. The van der Waals surface area contributed by atoms with Crippen LogP contribution < -0.4 is 0 Å². The smallest absolute Gasteiger partial charge is 0.115 e. The third-order valence-electron chi connectivity index (χ3n) is 6.95. The largest absolute Gasteiger partial charge is 0.508 e. The Hall–Kier alpha value is -1.76. The van der Waals surface area contributed by atoms with Gasteiger partial charge in [0, 0.05) is 5.41 Å². The fraction of sp³-hybridized carbons (Fsp3) is 0.556. The number of aromatic hydroxyl groups is 1. The molecule has 1 aliphatic rings. The molecule has 0 bridgehead atoms. The van der Waals surface area contributed by atoms with E-state index in [1.54, 1.807) is 0 Å². The number of aryl methyl sites for hydroxylation is 1. The summed E-state index contributed by atoms with van der Waals surface area (Å²) in [7, 11) is 0. The third kappa shape index (κ3) is 4.45. The van der Waals surface area contributed by atoms with Crippen LogP contribution in [0.5, 0.6) is 5.75 Å². The zero-order chi connectivity index (χ0) is 20.6. The van der Waals surface area contributed by atoms with E-state index in [4.69, 9.17) is 0 Å². The second kappa shape index (κ2) is 7.58. The summed E-state index contributed by atoms with van der Waals surface area (Å²) in [5, 5.41) is 9.80. The molecule has 0 heterocycles. The minimum atomic E-state index is 0.0652. The van der Waals surface area contributed by atoms with Crippen molar-refractivity contribution in [3.63, 3.8) is 0 Å². The molecular formula is C27H38O. The summed E-state index contributed by atoms with van der Waals surface area (Å²) in [6, 6.07) is 17.1. The molecule has 1 aliphatic carbocycles. The van der Waals surface area contributed by atoms with Crippen molar-refractivity contribution >= 4 is 0 Å². The summed E-state index contributed by atoms with van der Waals surface area (Å²) in [5.41, 5.74) is 4.88. The van der Waals surface area contributed by atoms with Crippen LogP contribution in [0.1, 0.15) is 83.4 Å². The van der Waals surface area contributed by atoms with Gasteiger partial charge in [0.05, 0.1) is 0 Å². The molecule has 0 aromatic heterocycles. The number of phenols is 1. The lowest BCUT2D eigenvalue weighted by molar-refractivity contribution is 0.0833. The van der Waals surface area contributed by atoms with Gasteiger partial charge in [-0.15, -0.1) is 0 Å². The summed E-state index contributed by atoms with van der Waals surface area (Å²) in [4.78, 5) is 0. The Bertz CT molecular complexity index is 719. The van der Waals surface area contributed by atoms with Gasteiger partial charge in [-0.1, -0.05) is 76.6 Å². The fourth-order valence-electron chi connectivity index (χ4n) is 5.80. The first-order valence-corrected chi connectivity index (χ1v) is 10.9. The molecule has 1 fully saturated rings. The average molecular weight is 379 g/mol. The molecule has 1 saturated carbocycles. The molecule has 0 amide bonds. The first kappa shape index (κ1) is 21.0. The molecule has 0 aliphatic heterocycles. The molecule has 28 heavy (non-hydrogen) atoms. The normalized spacial score (nSPS) is 23.6. The highest BCUT2D eigenvalue weighted by atomic mass is 16.3. The van der Waals surface area contributed by atoms with Crippen LogP contribution in [0.3, 0.4) is 0 Å². The van der Waals surface area contributed by atoms with Gasteiger partial charge in [-0.2, -0.15) is 0 Å². The molecule has 152 valence electrons. The highest BCUT2D eigenvalue weighted by molar-refractivity contribution is 5.42. The van der Waals surface area contributed by atoms with Gasteiger partial charge in [-0.3, -0.25) is 0 Å². The van der Waals surface area contributed by atoms with Gasteiger partial charge < -0.3 is 5.11 Å². The molecule has 0 unspecified atom stereocenters. The standard InChI is InChI=1S/C27H38O/c1-20-7-9-22(10-8-20)27(23-11-13-24(28)14-12-23)17-15-21(16-18-27)26(5,6)19-25(2,3)4/h7-14,21,28H,15-19H2,1-6H3. The Labute approximate surface area is 172 Å². The molecule has 0 spiro atoms. The minimum absolute atomic E-state index is 0.0652. The Balaban J connectivity index is 1.91. The van der Waals surface area contributed by atoms with E-state index < -0.39 is 0 Å². The summed E-state index contributed by atoms with van der Waals surface area (Å²) in [5.74, 6) is 1.12. The van der Waals surface area contributed by atoms with Crippen LogP contribution >= 0.6 is 0 Å². The predicted molar refractivity (Wildman–Crippen MR) is 120 cm³/mol. The topological polar surface area (TPSA) is 20.2 Å². The Kier molecular flexibility index (Phi) is 5.67. The molecule has 2 aromatic carbocycles. The number of benzene rings is 2. The Morgan fingerprint density at radius 1 is 0.821 bits per heavy atom. The van der Waals surface area contributed by atoms with Gasteiger partial charge >= 0.3 is 0 Å². The summed E-state index contributed by atoms with van der Waals surface area (Å²) in [6.07, 6.45) is 6.15. The van der Waals surface area contributed by atoms with E-state index in [0.717, 1.165) is 5.92 Å². The van der Waals surface area contributed by atoms with Crippen molar-refractivity contribution in [2.24, 2.45) is 16.7 Å². The first-order valence-electron chi connectivity index (χ1n) is 10.9. The van der Waals surface area contributed by atoms with E-state index in [-0.39, 0.29) is 5.41 Å². The van der Waals surface area contributed by atoms with Crippen molar-refractivity contribution in [2.45, 2.75) is 79.1 Å². The van der Waals surface area contributed by atoms with Crippen molar-refractivity contribution in [1.82, 2.24) is 0 Å². The Morgan fingerprint density at radius 2 is 1.29 bits per heavy atom. The maximum Gasteiger partial charge on any atom is 0.115 e. The number of rotatable bonds is 4. The van der Waals surface area contributed by atoms with Gasteiger partial charge in [0.15, 0.2) is 0 Å². The van der Waals surface area contributed by atoms with Crippen LogP contribution in [0.2, 0.25) is 0 Å². The van der Waals surface area contributed by atoms with Gasteiger partial charge in [-0.25, -0.2) is 0 Å². The molecule has 0 atom stereocenters. The van der Waals surface area contributed by atoms with Crippen LogP contribution in [0.4, 0.5) is 0 Å². The highest BCUT2D eigenvalue weighted by Gasteiger charge is 2.43.